The standard InChI is InChI=1S/C19H38O4/c1-5-7-8-9-10-11-17(12-13-22-15-18-16-23-18)14-19(6-2,20-3)21-4/h17-18H,5-16H2,1-4H3. The molecule has 2 atom stereocenters. The van der Waals surface area contributed by atoms with Crippen LogP contribution in [0.3, 0.4) is 0 Å². The largest absolute Gasteiger partial charge is 0.379 e. The van der Waals surface area contributed by atoms with Crippen molar-refractivity contribution in [2.75, 3.05) is 34.0 Å². The molecule has 1 fully saturated rings. The lowest BCUT2D eigenvalue weighted by atomic mass is 9.89. The third-order valence-corrected chi connectivity index (χ3v) is 4.97. The highest BCUT2D eigenvalue weighted by molar-refractivity contribution is 4.74. The zero-order chi connectivity index (χ0) is 17.0. The Morgan fingerprint density at radius 2 is 1.74 bits per heavy atom. The summed E-state index contributed by atoms with van der Waals surface area (Å²) in [5.74, 6) is 0.157. The van der Waals surface area contributed by atoms with Gasteiger partial charge in [-0.1, -0.05) is 52.4 Å². The van der Waals surface area contributed by atoms with Crippen molar-refractivity contribution in [3.05, 3.63) is 0 Å². The average Bonchev–Trinajstić information content (AvgIpc) is 3.40. The van der Waals surface area contributed by atoms with Crippen molar-refractivity contribution in [1.82, 2.24) is 0 Å². The van der Waals surface area contributed by atoms with Crippen molar-refractivity contribution in [3.8, 4) is 0 Å². The van der Waals surface area contributed by atoms with E-state index in [4.69, 9.17) is 18.9 Å². The minimum absolute atomic E-state index is 0.357. The monoisotopic (exact) mass is 330 g/mol. The van der Waals surface area contributed by atoms with Crippen LogP contribution in [0.1, 0.15) is 71.6 Å². The van der Waals surface area contributed by atoms with Crippen LogP contribution < -0.4 is 0 Å². The van der Waals surface area contributed by atoms with Crippen LogP contribution in [-0.4, -0.2) is 45.9 Å². The van der Waals surface area contributed by atoms with Crippen molar-refractivity contribution in [1.29, 1.82) is 0 Å². The summed E-state index contributed by atoms with van der Waals surface area (Å²) in [4.78, 5) is 0. The molecule has 138 valence electrons. The lowest BCUT2D eigenvalue weighted by molar-refractivity contribution is -0.219. The Bertz CT molecular complexity index is 266. The van der Waals surface area contributed by atoms with Gasteiger partial charge in [0.1, 0.15) is 6.10 Å². The van der Waals surface area contributed by atoms with Gasteiger partial charge in [0, 0.05) is 27.2 Å². The van der Waals surface area contributed by atoms with Crippen LogP contribution in [0.4, 0.5) is 0 Å². The lowest BCUT2D eigenvalue weighted by Crippen LogP contribution is -2.35. The summed E-state index contributed by atoms with van der Waals surface area (Å²) in [6.45, 7) is 6.82. The Morgan fingerprint density at radius 3 is 2.30 bits per heavy atom. The molecule has 2 unspecified atom stereocenters. The smallest absolute Gasteiger partial charge is 0.167 e. The second-order valence-electron chi connectivity index (χ2n) is 6.76. The Morgan fingerprint density at radius 1 is 1.04 bits per heavy atom. The molecule has 1 heterocycles. The van der Waals surface area contributed by atoms with Gasteiger partial charge in [0.15, 0.2) is 5.79 Å². The number of epoxide rings is 1. The highest BCUT2D eigenvalue weighted by Crippen LogP contribution is 2.30. The third-order valence-electron chi connectivity index (χ3n) is 4.97. The summed E-state index contributed by atoms with van der Waals surface area (Å²) >= 11 is 0. The van der Waals surface area contributed by atoms with Gasteiger partial charge in [0.05, 0.1) is 13.2 Å². The molecule has 0 radical (unpaired) electrons. The number of unbranched alkanes of at least 4 members (excludes halogenated alkanes) is 4. The van der Waals surface area contributed by atoms with E-state index in [2.05, 4.69) is 13.8 Å². The minimum Gasteiger partial charge on any atom is -0.379 e. The second kappa shape index (κ2) is 12.2. The van der Waals surface area contributed by atoms with Crippen LogP contribution in [0.25, 0.3) is 0 Å². The quantitative estimate of drug-likeness (QED) is 0.236. The first-order chi connectivity index (χ1) is 11.2. The van der Waals surface area contributed by atoms with Crippen LogP contribution in [0.2, 0.25) is 0 Å². The highest BCUT2D eigenvalue weighted by atomic mass is 16.7. The van der Waals surface area contributed by atoms with Gasteiger partial charge in [-0.2, -0.15) is 0 Å². The molecule has 0 bridgehead atoms. The molecule has 1 aliphatic rings. The lowest BCUT2D eigenvalue weighted by Gasteiger charge is -2.33. The Balaban J connectivity index is 2.34. The van der Waals surface area contributed by atoms with Gasteiger partial charge >= 0.3 is 0 Å². The molecule has 0 aliphatic carbocycles. The molecular formula is C19H38O4. The van der Waals surface area contributed by atoms with Gasteiger partial charge in [-0.25, -0.2) is 0 Å². The number of methoxy groups -OCH3 is 2. The molecule has 1 aliphatic heterocycles. The number of hydrogen-bond acceptors (Lipinski definition) is 4. The third kappa shape index (κ3) is 9.04. The maximum absolute atomic E-state index is 5.74. The van der Waals surface area contributed by atoms with Gasteiger partial charge in [0.2, 0.25) is 0 Å². The van der Waals surface area contributed by atoms with Crippen LogP contribution in [0.5, 0.6) is 0 Å². The molecule has 0 aromatic rings. The van der Waals surface area contributed by atoms with Gasteiger partial charge in [0.25, 0.3) is 0 Å². The maximum Gasteiger partial charge on any atom is 0.167 e. The van der Waals surface area contributed by atoms with Gasteiger partial charge in [-0.15, -0.1) is 0 Å². The molecule has 0 N–H and O–H groups in total. The Kier molecular flexibility index (Phi) is 11.1. The molecule has 4 nitrogen and oxygen atoms in total. The van der Waals surface area contributed by atoms with E-state index in [0.717, 1.165) is 39.1 Å². The molecule has 23 heavy (non-hydrogen) atoms. The van der Waals surface area contributed by atoms with Crippen LogP contribution in [0.15, 0.2) is 0 Å². The van der Waals surface area contributed by atoms with E-state index in [-0.39, 0.29) is 0 Å². The van der Waals surface area contributed by atoms with Gasteiger partial charge in [-0.05, 0) is 18.8 Å². The Hall–Kier alpha value is -0.160. The normalized spacial score (nSPS) is 19.0. The zero-order valence-electron chi connectivity index (χ0n) is 15.8. The van der Waals surface area contributed by atoms with Crippen molar-refractivity contribution in [3.63, 3.8) is 0 Å². The van der Waals surface area contributed by atoms with E-state index >= 15 is 0 Å². The second-order valence-corrected chi connectivity index (χ2v) is 6.76. The first-order valence-corrected chi connectivity index (χ1v) is 9.49. The summed E-state index contributed by atoms with van der Waals surface area (Å²) < 4.78 is 22.3. The van der Waals surface area contributed by atoms with E-state index in [1.165, 1.54) is 38.5 Å². The topological polar surface area (TPSA) is 40.2 Å². The predicted molar refractivity (Wildman–Crippen MR) is 93.7 cm³/mol. The first-order valence-electron chi connectivity index (χ1n) is 9.49. The first kappa shape index (κ1) is 20.9. The molecule has 0 spiro atoms. The molecule has 0 amide bonds. The van der Waals surface area contributed by atoms with E-state index in [1.54, 1.807) is 14.2 Å². The number of rotatable bonds is 16. The van der Waals surface area contributed by atoms with Crippen LogP contribution >= 0.6 is 0 Å². The SMILES string of the molecule is CCCCCCCC(CCOCC1CO1)CC(CC)(OC)OC. The summed E-state index contributed by atoms with van der Waals surface area (Å²) in [7, 11) is 3.51. The maximum atomic E-state index is 5.74. The molecule has 1 saturated heterocycles. The van der Waals surface area contributed by atoms with Crippen LogP contribution in [0, 0.1) is 5.92 Å². The van der Waals surface area contributed by atoms with Crippen LogP contribution in [-0.2, 0) is 18.9 Å². The zero-order valence-corrected chi connectivity index (χ0v) is 15.8. The molecule has 0 saturated carbocycles. The molecule has 1 rings (SSSR count). The van der Waals surface area contributed by atoms with E-state index < -0.39 is 5.79 Å². The fourth-order valence-electron chi connectivity index (χ4n) is 3.14. The van der Waals surface area contributed by atoms with Crippen molar-refractivity contribution in [2.45, 2.75) is 83.5 Å². The van der Waals surface area contributed by atoms with E-state index in [9.17, 15) is 0 Å². The van der Waals surface area contributed by atoms with E-state index in [1.807, 2.05) is 0 Å². The molecule has 4 heteroatoms. The summed E-state index contributed by atoms with van der Waals surface area (Å²) in [6.07, 6.45) is 11.1. The van der Waals surface area contributed by atoms with Gasteiger partial charge in [-0.3, -0.25) is 0 Å². The molecule has 0 aromatic carbocycles. The highest BCUT2D eigenvalue weighted by Gasteiger charge is 2.31. The Labute approximate surface area is 143 Å². The summed E-state index contributed by atoms with van der Waals surface area (Å²) in [5.41, 5.74) is 0. The fourth-order valence-corrected chi connectivity index (χ4v) is 3.14. The average molecular weight is 331 g/mol. The predicted octanol–water partition coefficient (Wildman–Crippen LogP) is 4.56. The number of ether oxygens (including phenoxy) is 4. The van der Waals surface area contributed by atoms with Crippen molar-refractivity contribution < 1.29 is 18.9 Å². The van der Waals surface area contributed by atoms with E-state index in [0.29, 0.717) is 12.0 Å². The summed E-state index contributed by atoms with van der Waals surface area (Å²) in [6, 6.07) is 0. The molecule has 0 aromatic heterocycles. The molecular weight excluding hydrogens is 292 g/mol. The van der Waals surface area contributed by atoms with Gasteiger partial charge < -0.3 is 18.9 Å². The number of hydrogen-bond donors (Lipinski definition) is 0. The minimum atomic E-state index is -0.437. The fraction of sp³-hybridized carbons (Fsp3) is 1.00. The van der Waals surface area contributed by atoms with Crippen molar-refractivity contribution >= 4 is 0 Å². The summed E-state index contributed by atoms with van der Waals surface area (Å²) in [5, 5.41) is 0. The van der Waals surface area contributed by atoms with Crippen molar-refractivity contribution in [2.24, 2.45) is 5.92 Å².